The number of ether oxygens (including phenoxy) is 8. The van der Waals surface area contributed by atoms with Crippen molar-refractivity contribution in [2.75, 3.05) is 120 Å². The van der Waals surface area contributed by atoms with Crippen molar-refractivity contribution in [1.29, 1.82) is 0 Å². The van der Waals surface area contributed by atoms with Gasteiger partial charge in [0.1, 0.15) is 13.2 Å². The summed E-state index contributed by atoms with van der Waals surface area (Å²) in [5.41, 5.74) is 8.73. The quantitative estimate of drug-likeness (QED) is 0.0451. The molecule has 360 valence electrons. The van der Waals surface area contributed by atoms with Gasteiger partial charge in [-0.05, 0) is 77.4 Å². The Balaban J connectivity index is 1.39. The van der Waals surface area contributed by atoms with Crippen molar-refractivity contribution in [2.24, 2.45) is 0 Å². The first-order valence-corrected chi connectivity index (χ1v) is 23.9. The second-order valence-electron chi connectivity index (χ2n) is 17.2. The Morgan fingerprint density at radius 2 is 0.841 bits per heavy atom. The van der Waals surface area contributed by atoms with E-state index in [4.69, 9.17) is 37.9 Å². The number of fused-ring (bicyclic) bond motifs is 7. The molecule has 0 aromatic carbocycles. The van der Waals surface area contributed by atoms with Crippen LogP contribution in [0.4, 0.5) is 0 Å². The van der Waals surface area contributed by atoms with Gasteiger partial charge >= 0.3 is 0 Å². The predicted octanol–water partition coefficient (Wildman–Crippen LogP) is 3.19. The molecule has 0 aromatic heterocycles. The molecule has 15 heteroatoms. The SMILES string of the molecule is CCC1=C(CC)C2CC3NC(CNC4C=C(OCCOCCOCCOC)C(OCCOCCOCCOC)=CC4NCC4NC(CC1N2)C(CCCO)=C4C)C(C)=C3CCCO. The summed E-state index contributed by atoms with van der Waals surface area (Å²) in [5.74, 6) is 1.34. The molecule has 4 heterocycles. The maximum Gasteiger partial charge on any atom is 0.158 e. The third-order valence-corrected chi connectivity index (χ3v) is 13.3. The van der Waals surface area contributed by atoms with E-state index in [-0.39, 0.29) is 61.5 Å². The molecule has 0 spiro atoms. The van der Waals surface area contributed by atoms with E-state index in [1.165, 1.54) is 22.3 Å². The molecule has 8 atom stereocenters. The van der Waals surface area contributed by atoms with Crippen LogP contribution >= 0.6 is 0 Å². The minimum atomic E-state index is -0.108. The highest BCUT2D eigenvalue weighted by molar-refractivity contribution is 5.38. The summed E-state index contributed by atoms with van der Waals surface area (Å²) < 4.78 is 45.8. The van der Waals surface area contributed by atoms with Gasteiger partial charge in [-0.3, -0.25) is 0 Å². The second kappa shape index (κ2) is 28.7. The van der Waals surface area contributed by atoms with Gasteiger partial charge in [-0.2, -0.15) is 0 Å². The predicted molar refractivity (Wildman–Crippen MR) is 246 cm³/mol. The standard InChI is InChI=1S/C48H83N5O10/c1-7-35-36(8-2)40-28-42-38(12-10-14-55)34(4)46(53-42)32-50-44-30-48(63-26-24-61-22-20-59-18-16-57-6)47(62-25-23-60-21-19-58-17-15-56-5)29-43(44)49-31-45-33(3)37(11-9-13-54)41(52-45)27-39(35)51-40/h29-30,39-46,49-55H,7-28,31-32H2,1-6H3. The van der Waals surface area contributed by atoms with Gasteiger partial charge < -0.3 is 74.7 Å². The summed E-state index contributed by atoms with van der Waals surface area (Å²) in [6.07, 6.45) is 11.6. The third-order valence-electron chi connectivity index (χ3n) is 13.3. The monoisotopic (exact) mass is 890 g/mol. The van der Waals surface area contributed by atoms with E-state index in [0.717, 1.165) is 64.5 Å². The van der Waals surface area contributed by atoms with Crippen LogP contribution in [0.5, 0.6) is 0 Å². The topological polar surface area (TPSA) is 174 Å². The van der Waals surface area contributed by atoms with Gasteiger partial charge in [0, 0.05) is 88.9 Å². The number of hydrogen-bond acceptors (Lipinski definition) is 15. The van der Waals surface area contributed by atoms with Gasteiger partial charge in [-0.25, -0.2) is 0 Å². The molecule has 4 aliphatic heterocycles. The zero-order chi connectivity index (χ0) is 44.8. The molecule has 8 unspecified atom stereocenters. The van der Waals surface area contributed by atoms with Crippen LogP contribution in [0.1, 0.15) is 79.1 Å². The zero-order valence-corrected chi connectivity index (χ0v) is 39.4. The van der Waals surface area contributed by atoms with Crippen LogP contribution in [0.25, 0.3) is 0 Å². The van der Waals surface area contributed by atoms with Gasteiger partial charge in [0.2, 0.25) is 0 Å². The van der Waals surface area contributed by atoms with Crippen molar-refractivity contribution in [3.8, 4) is 0 Å². The van der Waals surface area contributed by atoms with Crippen molar-refractivity contribution in [1.82, 2.24) is 26.6 Å². The van der Waals surface area contributed by atoms with Gasteiger partial charge in [0.15, 0.2) is 11.5 Å². The number of nitrogens with one attached hydrogen (secondary N) is 5. The first kappa shape index (κ1) is 51.8. The molecule has 15 nitrogen and oxygen atoms in total. The van der Waals surface area contributed by atoms with E-state index in [0.29, 0.717) is 90.8 Å². The third kappa shape index (κ3) is 15.4. The Morgan fingerprint density at radius 1 is 0.492 bits per heavy atom. The van der Waals surface area contributed by atoms with Crippen molar-refractivity contribution >= 4 is 0 Å². The number of methoxy groups -OCH3 is 2. The van der Waals surface area contributed by atoms with Gasteiger partial charge in [-0.15, -0.1) is 0 Å². The molecule has 7 N–H and O–H groups in total. The Hall–Kier alpha value is -2.22. The summed E-state index contributed by atoms with van der Waals surface area (Å²) >= 11 is 0. The number of hydrogen-bond donors (Lipinski definition) is 7. The summed E-state index contributed by atoms with van der Waals surface area (Å²) in [6.45, 7) is 16.6. The molecule has 0 saturated carbocycles. The van der Waals surface area contributed by atoms with Crippen LogP contribution in [0.15, 0.2) is 57.1 Å². The minimum Gasteiger partial charge on any atom is -0.488 e. The molecule has 0 amide bonds. The molecule has 1 aliphatic carbocycles. The van der Waals surface area contributed by atoms with E-state index in [2.05, 4.69) is 66.4 Å². The minimum absolute atomic E-state index is 0.108. The van der Waals surface area contributed by atoms with Crippen molar-refractivity contribution < 1.29 is 48.1 Å². The van der Waals surface area contributed by atoms with Crippen LogP contribution in [-0.4, -0.2) is 178 Å². The molecule has 1 saturated heterocycles. The first-order valence-electron chi connectivity index (χ1n) is 23.9. The number of aliphatic hydroxyl groups excluding tert-OH is 2. The molecule has 5 rings (SSSR count). The Morgan fingerprint density at radius 3 is 1.21 bits per heavy atom. The maximum atomic E-state index is 9.94. The molecule has 5 aliphatic rings. The van der Waals surface area contributed by atoms with Crippen molar-refractivity contribution in [3.63, 3.8) is 0 Å². The summed E-state index contributed by atoms with van der Waals surface area (Å²) in [6, 6.07) is 1.07. The van der Waals surface area contributed by atoms with E-state index < -0.39 is 0 Å². The fourth-order valence-corrected chi connectivity index (χ4v) is 9.96. The molecular formula is C48H83N5O10. The molecule has 63 heavy (non-hydrogen) atoms. The van der Waals surface area contributed by atoms with E-state index in [1.54, 1.807) is 25.4 Å². The van der Waals surface area contributed by atoms with E-state index >= 15 is 0 Å². The number of rotatable bonds is 28. The maximum absolute atomic E-state index is 9.94. The van der Waals surface area contributed by atoms with Crippen LogP contribution < -0.4 is 26.6 Å². The average molecular weight is 890 g/mol. The highest BCUT2D eigenvalue weighted by atomic mass is 16.6. The van der Waals surface area contributed by atoms with Gasteiger partial charge in [0.05, 0.1) is 66.1 Å². The van der Waals surface area contributed by atoms with E-state index in [1.807, 2.05) is 0 Å². The average Bonchev–Trinajstić information content (AvgIpc) is 3.89. The highest BCUT2D eigenvalue weighted by Crippen LogP contribution is 2.37. The Bertz CT molecular complexity index is 1410. The van der Waals surface area contributed by atoms with Crippen LogP contribution in [0.3, 0.4) is 0 Å². The van der Waals surface area contributed by atoms with Gasteiger partial charge in [0.25, 0.3) is 0 Å². The lowest BCUT2D eigenvalue weighted by molar-refractivity contribution is 0.00478. The van der Waals surface area contributed by atoms with Crippen LogP contribution in [0.2, 0.25) is 0 Å². The normalized spacial score (nSPS) is 27.8. The summed E-state index contributed by atoms with van der Waals surface area (Å²) in [4.78, 5) is 0. The molecular weight excluding hydrogens is 807 g/mol. The van der Waals surface area contributed by atoms with Crippen molar-refractivity contribution in [3.05, 3.63) is 57.1 Å². The summed E-state index contributed by atoms with van der Waals surface area (Å²) in [5, 5.41) is 40.0. The lowest BCUT2D eigenvalue weighted by Crippen LogP contribution is -2.53. The largest absolute Gasteiger partial charge is 0.488 e. The molecule has 1 fully saturated rings. The molecule has 0 radical (unpaired) electrons. The molecule has 0 aromatic rings. The number of aliphatic hydroxyl groups is 2. The second-order valence-corrected chi connectivity index (χ2v) is 17.2. The smallest absolute Gasteiger partial charge is 0.158 e. The van der Waals surface area contributed by atoms with Crippen molar-refractivity contribution in [2.45, 2.75) is 127 Å². The summed E-state index contributed by atoms with van der Waals surface area (Å²) in [7, 11) is 3.32. The zero-order valence-electron chi connectivity index (χ0n) is 39.4. The van der Waals surface area contributed by atoms with Gasteiger partial charge in [-0.1, -0.05) is 47.3 Å². The van der Waals surface area contributed by atoms with Crippen LogP contribution in [-0.2, 0) is 37.9 Å². The fourth-order valence-electron chi connectivity index (χ4n) is 9.96. The fraction of sp³-hybridized carbons (Fsp3) is 0.792. The van der Waals surface area contributed by atoms with E-state index in [9.17, 15) is 10.2 Å². The Labute approximate surface area is 378 Å². The molecule has 6 bridgehead atoms. The lowest BCUT2D eigenvalue weighted by Gasteiger charge is -2.32. The van der Waals surface area contributed by atoms with Crippen LogP contribution in [0, 0.1) is 0 Å². The first-order chi connectivity index (χ1) is 30.9. The lowest BCUT2D eigenvalue weighted by atomic mass is 9.89. The highest BCUT2D eigenvalue weighted by Gasteiger charge is 2.40. The Kier molecular flexibility index (Phi) is 23.6.